The van der Waals surface area contributed by atoms with E-state index in [0.717, 1.165) is 0 Å². The third-order valence-corrected chi connectivity index (χ3v) is 4.27. The quantitative estimate of drug-likeness (QED) is 0.578. The monoisotopic (exact) mass is 367 g/mol. The lowest BCUT2D eigenvalue weighted by Gasteiger charge is -2.16. The summed E-state index contributed by atoms with van der Waals surface area (Å²) in [6.07, 6.45) is 0.665. The van der Waals surface area contributed by atoms with Gasteiger partial charge in [0, 0.05) is 19.2 Å². The molecular formula is C17H22ClN3O4. The molecule has 0 aliphatic rings. The van der Waals surface area contributed by atoms with Crippen molar-refractivity contribution in [2.45, 2.75) is 47.2 Å². The van der Waals surface area contributed by atoms with Crippen LogP contribution in [0.3, 0.4) is 0 Å². The van der Waals surface area contributed by atoms with E-state index in [0.29, 0.717) is 24.4 Å². The SMILES string of the molecule is CC(C)CCn1c(=O)c2cc([N+](=O)[O-])c(Cl)cc2n(CC(C)C)c1=O. The Morgan fingerprint density at radius 3 is 2.28 bits per heavy atom. The molecule has 0 saturated heterocycles. The molecule has 25 heavy (non-hydrogen) atoms. The number of nitro groups is 1. The smallest absolute Gasteiger partial charge is 0.293 e. The summed E-state index contributed by atoms with van der Waals surface area (Å²) in [5.41, 5.74) is -0.922. The van der Waals surface area contributed by atoms with E-state index >= 15 is 0 Å². The maximum atomic E-state index is 12.8. The predicted molar refractivity (Wildman–Crippen MR) is 98.4 cm³/mol. The zero-order chi connectivity index (χ0) is 18.9. The van der Waals surface area contributed by atoms with Crippen LogP contribution in [0.2, 0.25) is 5.02 Å². The van der Waals surface area contributed by atoms with Gasteiger partial charge in [0.15, 0.2) is 0 Å². The van der Waals surface area contributed by atoms with Crippen LogP contribution < -0.4 is 11.2 Å². The third kappa shape index (κ3) is 3.92. The van der Waals surface area contributed by atoms with Crippen LogP contribution in [0.25, 0.3) is 10.9 Å². The number of nitro benzene ring substituents is 1. The van der Waals surface area contributed by atoms with Gasteiger partial charge in [-0.05, 0) is 24.3 Å². The number of aromatic nitrogens is 2. The van der Waals surface area contributed by atoms with Crippen molar-refractivity contribution in [1.82, 2.24) is 9.13 Å². The van der Waals surface area contributed by atoms with Crippen molar-refractivity contribution in [2.24, 2.45) is 11.8 Å². The second kappa shape index (κ2) is 7.39. The lowest BCUT2D eigenvalue weighted by atomic mass is 10.1. The first-order valence-electron chi connectivity index (χ1n) is 8.24. The molecule has 0 amide bonds. The van der Waals surface area contributed by atoms with Gasteiger partial charge in [-0.3, -0.25) is 24.0 Å². The topological polar surface area (TPSA) is 87.1 Å². The highest BCUT2D eigenvalue weighted by Gasteiger charge is 2.20. The Balaban J connectivity index is 2.86. The van der Waals surface area contributed by atoms with Crippen molar-refractivity contribution in [3.63, 3.8) is 0 Å². The van der Waals surface area contributed by atoms with Crippen LogP contribution in [-0.2, 0) is 13.1 Å². The molecule has 0 atom stereocenters. The Hall–Kier alpha value is -2.15. The zero-order valence-corrected chi connectivity index (χ0v) is 15.5. The Morgan fingerprint density at radius 1 is 1.12 bits per heavy atom. The zero-order valence-electron chi connectivity index (χ0n) is 14.8. The molecule has 2 rings (SSSR count). The Kier molecular flexibility index (Phi) is 5.67. The van der Waals surface area contributed by atoms with Gasteiger partial charge in [0.25, 0.3) is 11.2 Å². The molecule has 7 nitrogen and oxygen atoms in total. The van der Waals surface area contributed by atoms with Crippen LogP contribution in [0, 0.1) is 22.0 Å². The number of fused-ring (bicyclic) bond motifs is 1. The minimum atomic E-state index is -0.627. The highest BCUT2D eigenvalue weighted by molar-refractivity contribution is 6.33. The first-order valence-corrected chi connectivity index (χ1v) is 8.62. The van der Waals surface area contributed by atoms with Crippen LogP contribution >= 0.6 is 11.6 Å². The van der Waals surface area contributed by atoms with Gasteiger partial charge < -0.3 is 0 Å². The van der Waals surface area contributed by atoms with Crippen LogP contribution in [0.1, 0.15) is 34.1 Å². The Labute approximate surface area is 150 Å². The van der Waals surface area contributed by atoms with E-state index in [-0.39, 0.29) is 28.6 Å². The molecule has 0 aliphatic heterocycles. The molecule has 0 saturated carbocycles. The van der Waals surface area contributed by atoms with Gasteiger partial charge in [0.2, 0.25) is 0 Å². The summed E-state index contributed by atoms with van der Waals surface area (Å²) < 4.78 is 2.65. The Morgan fingerprint density at radius 2 is 1.76 bits per heavy atom. The summed E-state index contributed by atoms with van der Waals surface area (Å²) in [4.78, 5) is 36.1. The van der Waals surface area contributed by atoms with Crippen molar-refractivity contribution in [3.8, 4) is 0 Å². The van der Waals surface area contributed by atoms with E-state index in [1.165, 1.54) is 21.3 Å². The standard InChI is InChI=1S/C17H22ClN3O4/c1-10(2)5-6-19-16(22)12-7-15(21(24)25)13(18)8-14(12)20(17(19)23)9-11(3)4/h7-8,10-11H,5-6,9H2,1-4H3. The molecule has 2 aromatic rings. The lowest BCUT2D eigenvalue weighted by Crippen LogP contribution is -2.41. The summed E-state index contributed by atoms with van der Waals surface area (Å²) in [5.74, 6) is 0.478. The molecule has 0 aliphatic carbocycles. The van der Waals surface area contributed by atoms with Gasteiger partial charge in [-0.15, -0.1) is 0 Å². The first kappa shape index (κ1) is 19.2. The van der Waals surface area contributed by atoms with Crippen LogP contribution in [0.5, 0.6) is 0 Å². The van der Waals surface area contributed by atoms with Gasteiger partial charge in [-0.1, -0.05) is 39.3 Å². The molecule has 8 heteroatoms. The summed E-state index contributed by atoms with van der Waals surface area (Å²) in [6.45, 7) is 8.58. The third-order valence-electron chi connectivity index (χ3n) is 3.97. The molecule has 0 unspecified atom stereocenters. The van der Waals surface area contributed by atoms with E-state index in [9.17, 15) is 19.7 Å². The normalized spacial score (nSPS) is 11.6. The first-order chi connectivity index (χ1) is 11.6. The minimum absolute atomic E-state index is 0.0891. The number of halogens is 1. The number of hydrogen-bond donors (Lipinski definition) is 0. The molecule has 0 spiro atoms. The molecule has 0 radical (unpaired) electrons. The fourth-order valence-corrected chi connectivity index (χ4v) is 2.92. The molecule has 1 aromatic carbocycles. The number of nitrogens with zero attached hydrogens (tertiary/aromatic N) is 3. The van der Waals surface area contributed by atoms with Crippen LogP contribution in [-0.4, -0.2) is 14.1 Å². The van der Waals surface area contributed by atoms with Crippen molar-refractivity contribution in [1.29, 1.82) is 0 Å². The van der Waals surface area contributed by atoms with Gasteiger partial charge in [0.05, 0.1) is 15.8 Å². The maximum absolute atomic E-state index is 12.8. The average Bonchev–Trinajstić information content (AvgIpc) is 2.50. The van der Waals surface area contributed by atoms with Crippen molar-refractivity contribution in [2.75, 3.05) is 0 Å². The number of rotatable bonds is 6. The molecule has 0 fully saturated rings. The van der Waals surface area contributed by atoms with Crippen LogP contribution in [0.15, 0.2) is 21.7 Å². The maximum Gasteiger partial charge on any atom is 0.331 e. The predicted octanol–water partition coefficient (Wildman–Crippen LogP) is 3.43. The number of benzene rings is 1. The fourth-order valence-electron chi connectivity index (χ4n) is 2.69. The molecule has 0 bridgehead atoms. The van der Waals surface area contributed by atoms with E-state index < -0.39 is 16.2 Å². The summed E-state index contributed by atoms with van der Waals surface area (Å²) in [6, 6.07) is 2.51. The average molecular weight is 368 g/mol. The molecule has 0 N–H and O–H groups in total. The van der Waals surface area contributed by atoms with Crippen molar-refractivity contribution >= 4 is 28.2 Å². The van der Waals surface area contributed by atoms with Crippen molar-refractivity contribution < 1.29 is 4.92 Å². The van der Waals surface area contributed by atoms with Gasteiger partial charge >= 0.3 is 5.69 Å². The highest BCUT2D eigenvalue weighted by Crippen LogP contribution is 2.28. The molecule has 136 valence electrons. The number of hydrogen-bond acceptors (Lipinski definition) is 4. The fraction of sp³-hybridized carbons (Fsp3) is 0.529. The summed E-state index contributed by atoms with van der Waals surface area (Å²) >= 11 is 5.99. The second-order valence-corrected chi connectivity index (χ2v) is 7.41. The van der Waals surface area contributed by atoms with Gasteiger partial charge in [0.1, 0.15) is 5.02 Å². The minimum Gasteiger partial charge on any atom is -0.293 e. The van der Waals surface area contributed by atoms with E-state index in [1.54, 1.807) is 0 Å². The largest absolute Gasteiger partial charge is 0.331 e. The second-order valence-electron chi connectivity index (χ2n) is 7.00. The highest BCUT2D eigenvalue weighted by atomic mass is 35.5. The Bertz CT molecular complexity index is 928. The van der Waals surface area contributed by atoms with Crippen molar-refractivity contribution in [3.05, 3.63) is 48.1 Å². The van der Waals surface area contributed by atoms with E-state index in [4.69, 9.17) is 11.6 Å². The van der Waals surface area contributed by atoms with E-state index in [2.05, 4.69) is 0 Å². The lowest BCUT2D eigenvalue weighted by molar-refractivity contribution is -0.384. The molecule has 1 heterocycles. The van der Waals surface area contributed by atoms with Gasteiger partial charge in [-0.2, -0.15) is 0 Å². The van der Waals surface area contributed by atoms with Crippen LogP contribution in [0.4, 0.5) is 5.69 Å². The summed E-state index contributed by atoms with van der Waals surface area (Å²) in [5, 5.41) is 11.2. The molecule has 1 aromatic heterocycles. The molecular weight excluding hydrogens is 346 g/mol. The summed E-state index contributed by atoms with van der Waals surface area (Å²) in [7, 11) is 0. The van der Waals surface area contributed by atoms with Gasteiger partial charge in [-0.25, -0.2) is 4.79 Å². The van der Waals surface area contributed by atoms with E-state index in [1.807, 2.05) is 27.7 Å².